The first-order chi connectivity index (χ1) is 31.9. The number of hydrogen-bond acceptors (Lipinski definition) is 14. The van der Waals surface area contributed by atoms with Crippen molar-refractivity contribution in [1.82, 2.24) is 21.3 Å². The topological polar surface area (TPSA) is 180 Å². The van der Waals surface area contributed by atoms with Gasteiger partial charge in [0.05, 0.1) is 29.6 Å². The van der Waals surface area contributed by atoms with Gasteiger partial charge >= 0.3 is 29.8 Å². The van der Waals surface area contributed by atoms with Crippen molar-refractivity contribution in [1.29, 1.82) is 0 Å². The van der Waals surface area contributed by atoms with E-state index >= 15 is 24.0 Å². The lowest BCUT2D eigenvalue weighted by Gasteiger charge is -2.49. The second kappa shape index (κ2) is 19.4. The van der Waals surface area contributed by atoms with Crippen LogP contribution in [0.4, 0.5) is 0 Å². The van der Waals surface area contributed by atoms with E-state index in [1.54, 1.807) is 0 Å². The molecule has 4 heterocycles. The number of rotatable bonds is 10. The molecule has 0 spiro atoms. The summed E-state index contributed by atoms with van der Waals surface area (Å²) in [6.07, 6.45) is 2.73. The molecule has 14 heteroatoms. The zero-order valence-electron chi connectivity index (χ0n) is 47.8. The highest BCUT2D eigenvalue weighted by Gasteiger charge is 2.62. The van der Waals surface area contributed by atoms with Gasteiger partial charge in [-0.2, -0.15) is 0 Å². The van der Waals surface area contributed by atoms with E-state index in [4.69, 9.17) is 23.7 Å². The first kappa shape index (κ1) is 57.5. The largest absolute Gasteiger partial charge is 0.462 e. The lowest BCUT2D eigenvalue weighted by Crippen LogP contribution is -2.62. The number of carbonyl (C=O) groups excluding carboxylic acids is 5. The summed E-state index contributed by atoms with van der Waals surface area (Å²) < 4.78 is 32.9. The number of piperidine rings is 4. The molecule has 5 unspecified atom stereocenters. The minimum Gasteiger partial charge on any atom is -0.462 e. The molecule has 0 radical (unpaired) electrons. The Labute approximate surface area is 428 Å². The van der Waals surface area contributed by atoms with Gasteiger partial charge in [-0.3, -0.25) is 24.0 Å². The van der Waals surface area contributed by atoms with Gasteiger partial charge in [0.1, 0.15) is 30.5 Å². The Morgan fingerprint density at radius 2 is 0.493 bits per heavy atom. The van der Waals surface area contributed by atoms with Gasteiger partial charge in [0.15, 0.2) is 0 Å². The Hall–Kier alpha value is -2.81. The molecule has 0 amide bonds. The molecule has 406 valence electrons. The Balaban J connectivity index is 1.51. The number of carbonyl (C=O) groups is 5. The summed E-state index contributed by atoms with van der Waals surface area (Å²) in [5, 5.41) is 14.6. The fourth-order valence-corrected chi connectivity index (χ4v) is 16.0. The van der Waals surface area contributed by atoms with Crippen LogP contribution >= 0.6 is 0 Å². The molecule has 6 aliphatic rings. The third-order valence-corrected chi connectivity index (χ3v) is 16.1. The summed E-state index contributed by atoms with van der Waals surface area (Å²) in [4.78, 5) is 77.8. The summed E-state index contributed by atoms with van der Waals surface area (Å²) in [5.74, 6) is -11.4. The zero-order chi connectivity index (χ0) is 53.5. The van der Waals surface area contributed by atoms with E-state index in [1.165, 1.54) is 0 Å². The van der Waals surface area contributed by atoms with E-state index in [2.05, 4.69) is 160 Å². The van der Waals surface area contributed by atoms with Crippen LogP contribution in [0.1, 0.15) is 216 Å². The smallest absolute Gasteiger partial charge is 0.311 e. The maximum absolute atomic E-state index is 15.8. The molecule has 2 aliphatic carbocycles. The molecule has 0 aromatic heterocycles. The van der Waals surface area contributed by atoms with Crippen molar-refractivity contribution in [3.8, 4) is 0 Å². The Morgan fingerprint density at radius 1 is 0.296 bits per heavy atom. The van der Waals surface area contributed by atoms with Crippen molar-refractivity contribution in [3.05, 3.63) is 0 Å². The molecule has 6 fully saturated rings. The molecule has 6 rings (SSSR count). The fraction of sp³-hybridized carbons (Fsp3) is 0.912. The minimum atomic E-state index is -1.66. The molecule has 4 saturated heterocycles. The molecule has 71 heavy (non-hydrogen) atoms. The van der Waals surface area contributed by atoms with Gasteiger partial charge in [0, 0.05) is 95.7 Å². The summed E-state index contributed by atoms with van der Waals surface area (Å²) in [7, 11) is 0. The monoisotopic (exact) mass is 999 g/mol. The first-order valence-electron chi connectivity index (χ1n) is 27.1. The lowest BCUT2D eigenvalue weighted by molar-refractivity contribution is -0.199. The van der Waals surface area contributed by atoms with Gasteiger partial charge in [-0.05, 0) is 147 Å². The van der Waals surface area contributed by atoms with Crippen LogP contribution < -0.4 is 21.3 Å². The van der Waals surface area contributed by atoms with E-state index in [9.17, 15) is 0 Å². The van der Waals surface area contributed by atoms with Gasteiger partial charge in [-0.25, -0.2) is 0 Å². The third-order valence-electron chi connectivity index (χ3n) is 16.1. The quantitative estimate of drug-likeness (QED) is 0.120. The highest BCUT2D eigenvalue weighted by Crippen LogP contribution is 2.51. The summed E-state index contributed by atoms with van der Waals surface area (Å²) in [6.45, 7) is 41.6. The number of hydrogen-bond donors (Lipinski definition) is 4. The first-order valence-corrected chi connectivity index (χ1v) is 27.1. The van der Waals surface area contributed by atoms with Crippen LogP contribution in [0.2, 0.25) is 0 Å². The average molecular weight is 999 g/mol. The maximum Gasteiger partial charge on any atom is 0.311 e. The predicted molar refractivity (Wildman–Crippen MR) is 275 cm³/mol. The summed E-state index contributed by atoms with van der Waals surface area (Å²) >= 11 is 0. The van der Waals surface area contributed by atoms with Crippen LogP contribution in [0.25, 0.3) is 0 Å². The van der Waals surface area contributed by atoms with Crippen LogP contribution in [0.3, 0.4) is 0 Å². The standard InChI is InChI=1S/C57H98N4O10/c1-48(2)22-33(23-49(3,4)32-48)67-43(62)38-21-39(44(63)68-34-24-50(5,6)58-51(7,8)25-34)41(46(65)70-36-28-54(13,14)60-55(15,16)29-36)42(47(66)71-37-30-56(17,18)61-57(19,20)31-37)40(38)45(64)69-35-26-52(9,10)59-53(11,12)27-35/h33-42,58-61H,21-32H2,1-20H3. The highest BCUT2D eigenvalue weighted by atomic mass is 16.6. The van der Waals surface area contributed by atoms with Gasteiger partial charge in [0.2, 0.25) is 0 Å². The Morgan fingerprint density at radius 3 is 0.732 bits per heavy atom. The molecular weight excluding hydrogens is 901 g/mol. The molecule has 2 saturated carbocycles. The molecule has 0 aromatic carbocycles. The van der Waals surface area contributed by atoms with Crippen molar-refractivity contribution in [2.24, 2.45) is 40.4 Å². The molecule has 14 nitrogen and oxygen atoms in total. The predicted octanol–water partition coefficient (Wildman–Crippen LogP) is 9.03. The SMILES string of the molecule is CC1(C)CC(OC(=O)C2CC(C(=O)OC3CC(C)(C)NC(C)(C)C3)C(C(=O)OC3CC(C)(C)NC(C)(C)C3)C(C(=O)OC3CC(C)(C)NC(C)(C)C3)C2C(=O)OC2CC(C)(C)NC(C)(C)C2)CC(C)(C)C1. The van der Waals surface area contributed by atoms with Crippen LogP contribution in [-0.4, -0.2) is 105 Å². The second-order valence-electron chi connectivity index (χ2n) is 30.4. The fourth-order valence-electron chi connectivity index (χ4n) is 16.0. The van der Waals surface area contributed by atoms with Crippen LogP contribution in [0.15, 0.2) is 0 Å². The van der Waals surface area contributed by atoms with Crippen molar-refractivity contribution >= 4 is 29.8 Å². The molecular formula is C57H98N4O10. The van der Waals surface area contributed by atoms with Crippen molar-refractivity contribution in [2.45, 2.75) is 290 Å². The molecule has 0 aromatic rings. The normalized spacial score (nSPS) is 33.2. The van der Waals surface area contributed by atoms with E-state index in [0.29, 0.717) is 64.2 Å². The summed E-state index contributed by atoms with van der Waals surface area (Å²) in [5.41, 5.74) is -3.62. The van der Waals surface area contributed by atoms with Crippen LogP contribution in [0.5, 0.6) is 0 Å². The van der Waals surface area contributed by atoms with E-state index < -0.39 is 134 Å². The van der Waals surface area contributed by atoms with Gasteiger partial charge < -0.3 is 45.0 Å². The lowest BCUT2D eigenvalue weighted by atomic mass is 9.61. The molecule has 4 N–H and O–H groups in total. The number of esters is 5. The van der Waals surface area contributed by atoms with Crippen molar-refractivity contribution in [2.75, 3.05) is 0 Å². The van der Waals surface area contributed by atoms with Crippen molar-refractivity contribution in [3.63, 3.8) is 0 Å². The zero-order valence-corrected chi connectivity index (χ0v) is 47.8. The van der Waals surface area contributed by atoms with E-state index in [0.717, 1.165) is 6.42 Å². The van der Waals surface area contributed by atoms with Crippen LogP contribution in [0, 0.1) is 40.4 Å². The molecule has 5 atom stereocenters. The van der Waals surface area contributed by atoms with Gasteiger partial charge in [-0.15, -0.1) is 0 Å². The maximum atomic E-state index is 15.8. The average Bonchev–Trinajstić information content (AvgIpc) is 3.06. The highest BCUT2D eigenvalue weighted by molar-refractivity contribution is 5.94. The van der Waals surface area contributed by atoms with E-state index in [-0.39, 0.29) is 17.3 Å². The number of nitrogens with one attached hydrogen (secondary N) is 4. The third kappa shape index (κ3) is 15.2. The Bertz CT molecular complexity index is 1820. The minimum absolute atomic E-state index is 0.148. The summed E-state index contributed by atoms with van der Waals surface area (Å²) in [6, 6.07) is 0. The van der Waals surface area contributed by atoms with E-state index in [1.807, 2.05) is 0 Å². The molecule has 0 bridgehead atoms. The van der Waals surface area contributed by atoms with Crippen molar-refractivity contribution < 1.29 is 47.7 Å². The van der Waals surface area contributed by atoms with Crippen LogP contribution in [-0.2, 0) is 47.7 Å². The number of ether oxygens (including phenoxy) is 5. The Kier molecular flexibility index (Phi) is 15.7. The second-order valence-corrected chi connectivity index (χ2v) is 30.4. The van der Waals surface area contributed by atoms with Gasteiger partial charge in [0.25, 0.3) is 0 Å². The van der Waals surface area contributed by atoms with Gasteiger partial charge in [-0.1, -0.05) is 27.7 Å². The molecule has 4 aliphatic heterocycles.